The first-order valence-corrected chi connectivity index (χ1v) is 8.26. The molecule has 3 heteroatoms. The van der Waals surface area contributed by atoms with Crippen LogP contribution in [-0.2, 0) is 11.2 Å². The van der Waals surface area contributed by atoms with Crippen LogP contribution in [0.1, 0.15) is 44.6 Å². The SMILES string of the molecule is CC1CC(NC(=O)C2(Cc3ccccc3)CCC2)CCN1. The average molecular weight is 286 g/mol. The highest BCUT2D eigenvalue weighted by Crippen LogP contribution is 2.44. The molecular formula is C18H26N2O. The topological polar surface area (TPSA) is 41.1 Å². The third-order valence-corrected chi connectivity index (χ3v) is 5.14. The molecule has 0 aromatic heterocycles. The molecule has 1 aliphatic heterocycles. The molecule has 1 heterocycles. The molecule has 1 amide bonds. The lowest BCUT2D eigenvalue weighted by atomic mass is 9.64. The van der Waals surface area contributed by atoms with E-state index in [0.29, 0.717) is 12.1 Å². The summed E-state index contributed by atoms with van der Waals surface area (Å²) in [6.07, 6.45) is 6.25. The van der Waals surface area contributed by atoms with Gasteiger partial charge in [-0.1, -0.05) is 36.8 Å². The van der Waals surface area contributed by atoms with E-state index in [1.807, 2.05) is 6.07 Å². The molecule has 21 heavy (non-hydrogen) atoms. The van der Waals surface area contributed by atoms with Crippen molar-refractivity contribution in [2.75, 3.05) is 6.54 Å². The standard InChI is InChI=1S/C18H26N2O/c1-14-12-16(8-11-19-14)20-17(21)18(9-5-10-18)13-15-6-3-2-4-7-15/h2-4,6-7,14,16,19H,5,8-13H2,1H3,(H,20,21). The van der Waals surface area contributed by atoms with E-state index in [1.165, 1.54) is 12.0 Å². The molecular weight excluding hydrogens is 260 g/mol. The Morgan fingerprint density at radius 3 is 2.71 bits per heavy atom. The van der Waals surface area contributed by atoms with E-state index in [1.54, 1.807) is 0 Å². The fourth-order valence-electron chi connectivity index (χ4n) is 3.68. The van der Waals surface area contributed by atoms with Crippen molar-refractivity contribution in [3.63, 3.8) is 0 Å². The van der Waals surface area contributed by atoms with Crippen molar-refractivity contribution in [1.29, 1.82) is 0 Å². The largest absolute Gasteiger partial charge is 0.353 e. The second kappa shape index (κ2) is 6.18. The second-order valence-electron chi connectivity index (χ2n) is 6.85. The van der Waals surface area contributed by atoms with Crippen molar-refractivity contribution in [3.8, 4) is 0 Å². The summed E-state index contributed by atoms with van der Waals surface area (Å²) in [4.78, 5) is 12.8. The number of rotatable bonds is 4. The minimum atomic E-state index is -0.143. The van der Waals surface area contributed by atoms with Crippen LogP contribution in [0.25, 0.3) is 0 Å². The molecule has 1 saturated heterocycles. The molecule has 3 rings (SSSR count). The van der Waals surface area contributed by atoms with Gasteiger partial charge in [0.2, 0.25) is 5.91 Å². The minimum absolute atomic E-state index is 0.143. The zero-order valence-corrected chi connectivity index (χ0v) is 12.9. The maximum Gasteiger partial charge on any atom is 0.226 e. The van der Waals surface area contributed by atoms with E-state index in [0.717, 1.165) is 38.6 Å². The lowest BCUT2D eigenvalue weighted by Crippen LogP contribution is -2.53. The molecule has 114 valence electrons. The van der Waals surface area contributed by atoms with Gasteiger partial charge in [-0.25, -0.2) is 0 Å². The maximum absolute atomic E-state index is 12.8. The Bertz CT molecular complexity index is 481. The van der Waals surface area contributed by atoms with Gasteiger partial charge in [0.25, 0.3) is 0 Å². The Hall–Kier alpha value is -1.35. The summed E-state index contributed by atoms with van der Waals surface area (Å²) in [5.74, 6) is 0.289. The van der Waals surface area contributed by atoms with Crippen molar-refractivity contribution >= 4 is 5.91 Å². The van der Waals surface area contributed by atoms with Crippen molar-refractivity contribution < 1.29 is 4.79 Å². The number of hydrogen-bond donors (Lipinski definition) is 2. The van der Waals surface area contributed by atoms with Gasteiger partial charge in [-0.2, -0.15) is 0 Å². The Morgan fingerprint density at radius 2 is 2.10 bits per heavy atom. The third-order valence-electron chi connectivity index (χ3n) is 5.14. The highest BCUT2D eigenvalue weighted by molar-refractivity contribution is 5.84. The maximum atomic E-state index is 12.8. The number of benzene rings is 1. The van der Waals surface area contributed by atoms with Crippen LogP contribution >= 0.6 is 0 Å². The Morgan fingerprint density at radius 1 is 1.33 bits per heavy atom. The molecule has 0 spiro atoms. The van der Waals surface area contributed by atoms with Gasteiger partial charge >= 0.3 is 0 Å². The predicted molar refractivity (Wildman–Crippen MR) is 85.1 cm³/mol. The fourth-order valence-corrected chi connectivity index (χ4v) is 3.68. The lowest BCUT2D eigenvalue weighted by molar-refractivity contribution is -0.137. The van der Waals surface area contributed by atoms with E-state index in [9.17, 15) is 4.79 Å². The third kappa shape index (κ3) is 3.29. The molecule has 2 aliphatic rings. The van der Waals surface area contributed by atoms with E-state index in [2.05, 4.69) is 41.8 Å². The summed E-state index contributed by atoms with van der Waals surface area (Å²) < 4.78 is 0. The van der Waals surface area contributed by atoms with Gasteiger partial charge in [0.05, 0.1) is 5.41 Å². The first-order chi connectivity index (χ1) is 10.2. The van der Waals surface area contributed by atoms with Gasteiger partial charge in [0.15, 0.2) is 0 Å². The first kappa shape index (κ1) is 14.6. The average Bonchev–Trinajstić information content (AvgIpc) is 2.44. The van der Waals surface area contributed by atoms with E-state index < -0.39 is 0 Å². The van der Waals surface area contributed by atoms with E-state index >= 15 is 0 Å². The van der Waals surface area contributed by atoms with Gasteiger partial charge in [-0.05, 0) is 51.1 Å². The van der Waals surface area contributed by atoms with Crippen molar-refractivity contribution in [2.24, 2.45) is 5.41 Å². The highest BCUT2D eigenvalue weighted by Gasteiger charge is 2.44. The molecule has 1 saturated carbocycles. The lowest BCUT2D eigenvalue weighted by Gasteiger charge is -2.42. The van der Waals surface area contributed by atoms with Crippen LogP contribution in [0.15, 0.2) is 30.3 Å². The number of hydrogen-bond acceptors (Lipinski definition) is 2. The second-order valence-corrected chi connectivity index (χ2v) is 6.85. The molecule has 0 radical (unpaired) electrons. The molecule has 1 aromatic rings. The molecule has 2 atom stereocenters. The van der Waals surface area contributed by atoms with Crippen LogP contribution in [0.5, 0.6) is 0 Å². The Labute approximate surface area is 127 Å². The summed E-state index contributed by atoms with van der Waals surface area (Å²) >= 11 is 0. The highest BCUT2D eigenvalue weighted by atomic mass is 16.2. The number of amides is 1. The number of carbonyl (C=O) groups is 1. The number of nitrogens with one attached hydrogen (secondary N) is 2. The van der Waals surface area contributed by atoms with Gasteiger partial charge < -0.3 is 10.6 Å². The van der Waals surface area contributed by atoms with E-state index in [4.69, 9.17) is 0 Å². The Kier molecular flexibility index (Phi) is 4.29. The molecule has 2 N–H and O–H groups in total. The van der Waals surface area contributed by atoms with Crippen molar-refractivity contribution in [1.82, 2.24) is 10.6 Å². The van der Waals surface area contributed by atoms with Gasteiger partial charge in [-0.15, -0.1) is 0 Å². The molecule has 3 nitrogen and oxygen atoms in total. The van der Waals surface area contributed by atoms with Crippen LogP contribution in [0.4, 0.5) is 0 Å². The van der Waals surface area contributed by atoms with Gasteiger partial charge in [0.1, 0.15) is 0 Å². The Balaban J connectivity index is 1.63. The monoisotopic (exact) mass is 286 g/mol. The molecule has 1 aliphatic carbocycles. The van der Waals surface area contributed by atoms with Crippen LogP contribution in [-0.4, -0.2) is 24.5 Å². The summed E-state index contributed by atoms with van der Waals surface area (Å²) in [7, 11) is 0. The molecule has 0 bridgehead atoms. The minimum Gasteiger partial charge on any atom is -0.353 e. The summed E-state index contributed by atoms with van der Waals surface area (Å²) in [5.41, 5.74) is 1.14. The van der Waals surface area contributed by atoms with Crippen molar-refractivity contribution in [2.45, 2.75) is 57.5 Å². The summed E-state index contributed by atoms with van der Waals surface area (Å²) in [6.45, 7) is 3.21. The number of carbonyl (C=O) groups excluding carboxylic acids is 1. The zero-order chi connectivity index (χ0) is 14.7. The van der Waals surface area contributed by atoms with Crippen LogP contribution < -0.4 is 10.6 Å². The quantitative estimate of drug-likeness (QED) is 0.893. The fraction of sp³-hybridized carbons (Fsp3) is 0.611. The smallest absolute Gasteiger partial charge is 0.226 e. The summed E-state index contributed by atoms with van der Waals surface area (Å²) in [6, 6.07) is 11.3. The zero-order valence-electron chi connectivity index (χ0n) is 12.9. The predicted octanol–water partition coefficient (Wildman–Crippen LogP) is 2.66. The molecule has 2 fully saturated rings. The molecule has 2 unspecified atom stereocenters. The normalized spacial score (nSPS) is 27.7. The van der Waals surface area contributed by atoms with Crippen LogP contribution in [0.3, 0.4) is 0 Å². The van der Waals surface area contributed by atoms with Crippen molar-refractivity contribution in [3.05, 3.63) is 35.9 Å². The van der Waals surface area contributed by atoms with Gasteiger partial charge in [0, 0.05) is 12.1 Å². The van der Waals surface area contributed by atoms with Gasteiger partial charge in [-0.3, -0.25) is 4.79 Å². The number of piperidine rings is 1. The van der Waals surface area contributed by atoms with Crippen LogP contribution in [0.2, 0.25) is 0 Å². The van der Waals surface area contributed by atoms with E-state index in [-0.39, 0.29) is 11.3 Å². The molecule has 1 aromatic carbocycles. The van der Waals surface area contributed by atoms with Crippen LogP contribution in [0, 0.1) is 5.41 Å². The first-order valence-electron chi connectivity index (χ1n) is 8.26. The summed E-state index contributed by atoms with van der Waals surface area (Å²) in [5, 5.41) is 6.77.